The molecule has 4 heterocycles. The first-order chi connectivity index (χ1) is 22.1. The predicted octanol–water partition coefficient (Wildman–Crippen LogP) is 5.10. The maximum Gasteiger partial charge on any atom is 0.339 e. The number of phenols is 1. The number of phenolic OH excluding ortho intramolecular Hbond substituents is 1. The Labute approximate surface area is 272 Å². The number of esters is 3. The van der Waals surface area contributed by atoms with Crippen LogP contribution in [0, 0.1) is 28.1 Å². The minimum absolute atomic E-state index is 0.0343. The number of epoxide rings is 1. The molecule has 0 radical (unpaired) electrons. The molecule has 0 amide bonds. The Kier molecular flexibility index (Phi) is 6.82. The van der Waals surface area contributed by atoms with Crippen molar-refractivity contribution in [3.05, 3.63) is 54.0 Å². The summed E-state index contributed by atoms with van der Waals surface area (Å²) in [6.45, 7) is 9.52. The molecule has 1 spiro atoms. The lowest BCUT2D eigenvalue weighted by Gasteiger charge is -2.66. The van der Waals surface area contributed by atoms with Gasteiger partial charge in [0.2, 0.25) is 0 Å². The first-order valence-electron chi connectivity index (χ1n) is 16.0. The van der Waals surface area contributed by atoms with Crippen molar-refractivity contribution in [3.63, 3.8) is 0 Å². The van der Waals surface area contributed by atoms with E-state index in [9.17, 15) is 24.3 Å². The standard InChI is InChI=1S/C36H40O11/c1-32(2)24-16-25(38)35(5)23(11-13-33(3)29(20-12-14-43-18-20)45-31(41)30-36(33,35)47-30)34(24,4)26(17-28(40)46-32)44-27(39)10-8-19-7-9-21(37)22(15-19)42-6/h7-10,12,14-15,18,23-24,26,29-30,37H,11,13,16-17H2,1-6H3. The lowest BCUT2D eigenvalue weighted by Crippen LogP contribution is -2.72. The van der Waals surface area contributed by atoms with E-state index in [2.05, 4.69) is 0 Å². The molecule has 9 unspecified atom stereocenters. The van der Waals surface area contributed by atoms with Crippen LogP contribution in [-0.2, 0) is 38.1 Å². The summed E-state index contributed by atoms with van der Waals surface area (Å²) in [4.78, 5) is 54.9. The first-order valence-corrected chi connectivity index (χ1v) is 16.0. The highest BCUT2D eigenvalue weighted by Crippen LogP contribution is 2.78. The van der Waals surface area contributed by atoms with Gasteiger partial charge in [0.25, 0.3) is 0 Å². The highest BCUT2D eigenvalue weighted by molar-refractivity contribution is 5.93. The van der Waals surface area contributed by atoms with Gasteiger partial charge in [0.05, 0.1) is 31.5 Å². The average Bonchev–Trinajstić information content (AvgIpc) is 3.60. The molecular weight excluding hydrogens is 608 g/mol. The molecule has 7 rings (SSSR count). The number of cyclic esters (lactones) is 2. The summed E-state index contributed by atoms with van der Waals surface area (Å²) in [5, 5.41) is 9.93. The van der Waals surface area contributed by atoms with Gasteiger partial charge in [-0.25, -0.2) is 9.59 Å². The third kappa shape index (κ3) is 4.14. The van der Waals surface area contributed by atoms with Crippen LogP contribution in [-0.4, -0.2) is 59.3 Å². The molecule has 5 fully saturated rings. The van der Waals surface area contributed by atoms with Gasteiger partial charge in [0, 0.05) is 34.8 Å². The summed E-state index contributed by atoms with van der Waals surface area (Å²) in [7, 11) is 1.43. The van der Waals surface area contributed by atoms with Gasteiger partial charge in [-0.1, -0.05) is 19.9 Å². The van der Waals surface area contributed by atoms with Crippen molar-refractivity contribution in [2.45, 2.75) is 89.8 Å². The maximum atomic E-state index is 14.7. The molecule has 11 heteroatoms. The van der Waals surface area contributed by atoms with E-state index in [0.717, 1.165) is 0 Å². The van der Waals surface area contributed by atoms with E-state index in [4.69, 9.17) is 28.1 Å². The zero-order valence-corrected chi connectivity index (χ0v) is 27.4. The zero-order valence-electron chi connectivity index (χ0n) is 27.4. The van der Waals surface area contributed by atoms with Gasteiger partial charge in [-0.15, -0.1) is 0 Å². The van der Waals surface area contributed by atoms with E-state index in [1.54, 1.807) is 38.3 Å². The first kappa shape index (κ1) is 31.5. The number of carbonyl (C=O) groups is 4. The number of fused-ring (bicyclic) bond motifs is 3. The molecule has 2 aromatic rings. The summed E-state index contributed by atoms with van der Waals surface area (Å²) >= 11 is 0. The number of furan rings is 1. The fraction of sp³-hybridized carbons (Fsp3) is 0.556. The van der Waals surface area contributed by atoms with Gasteiger partial charge >= 0.3 is 17.9 Å². The minimum atomic E-state index is -1.18. The number of aromatic hydroxyl groups is 1. The molecule has 3 saturated heterocycles. The van der Waals surface area contributed by atoms with Crippen molar-refractivity contribution >= 4 is 29.8 Å². The largest absolute Gasteiger partial charge is 0.504 e. The fourth-order valence-corrected chi connectivity index (χ4v) is 10.2. The summed E-state index contributed by atoms with van der Waals surface area (Å²) < 4.78 is 35.1. The SMILES string of the molecule is COc1cc(C=CC(=O)OC2CC(=O)OC(C)(C)C3CC(=O)C4(C)C(CCC5(C)C(c6ccoc6)OC(=O)C6OC654)C23C)ccc1O. The normalized spacial score (nSPS) is 40.1. The highest BCUT2D eigenvalue weighted by Gasteiger charge is 2.88. The summed E-state index contributed by atoms with van der Waals surface area (Å²) in [5.41, 5.74) is -3.78. The molecule has 2 saturated carbocycles. The molecular formula is C36H40O11. The van der Waals surface area contributed by atoms with Gasteiger partial charge < -0.3 is 33.2 Å². The molecule has 1 aromatic heterocycles. The molecule has 47 heavy (non-hydrogen) atoms. The van der Waals surface area contributed by atoms with E-state index in [1.165, 1.54) is 31.6 Å². The molecule has 1 N–H and O–H groups in total. The second-order valence-corrected chi connectivity index (χ2v) is 14.8. The number of ketones is 1. The number of benzene rings is 1. The fourth-order valence-electron chi connectivity index (χ4n) is 10.2. The Hall–Kier alpha value is -4.12. The van der Waals surface area contributed by atoms with Crippen LogP contribution < -0.4 is 4.74 Å². The number of ether oxygens (including phenoxy) is 5. The lowest BCUT2D eigenvalue weighted by molar-refractivity contribution is -0.233. The van der Waals surface area contributed by atoms with Crippen molar-refractivity contribution in [2.24, 2.45) is 28.1 Å². The van der Waals surface area contributed by atoms with Crippen LogP contribution in [0.5, 0.6) is 11.5 Å². The van der Waals surface area contributed by atoms with Gasteiger partial charge in [0.15, 0.2) is 17.6 Å². The molecule has 9 atom stereocenters. The Morgan fingerprint density at radius 3 is 2.49 bits per heavy atom. The second-order valence-electron chi connectivity index (χ2n) is 14.8. The zero-order chi connectivity index (χ0) is 33.7. The van der Waals surface area contributed by atoms with Crippen molar-refractivity contribution in [1.82, 2.24) is 0 Å². The number of carbonyl (C=O) groups excluding carboxylic acids is 4. The van der Waals surface area contributed by atoms with E-state index >= 15 is 0 Å². The van der Waals surface area contributed by atoms with Crippen molar-refractivity contribution in [1.29, 1.82) is 0 Å². The van der Waals surface area contributed by atoms with Crippen molar-refractivity contribution < 1.29 is 52.4 Å². The van der Waals surface area contributed by atoms with E-state index in [-0.39, 0.29) is 30.1 Å². The van der Waals surface area contributed by atoms with Gasteiger partial charge in [-0.05, 0) is 69.4 Å². The van der Waals surface area contributed by atoms with E-state index in [1.807, 2.05) is 20.8 Å². The second kappa shape index (κ2) is 10.2. The molecule has 5 aliphatic rings. The van der Waals surface area contributed by atoms with E-state index in [0.29, 0.717) is 24.0 Å². The lowest BCUT2D eigenvalue weighted by atomic mass is 9.37. The third-order valence-corrected chi connectivity index (χ3v) is 12.4. The van der Waals surface area contributed by atoms with Crippen LogP contribution in [0.1, 0.15) is 77.5 Å². The van der Waals surface area contributed by atoms with Crippen LogP contribution in [0.3, 0.4) is 0 Å². The summed E-state index contributed by atoms with van der Waals surface area (Å²) in [6, 6.07) is 6.43. The Morgan fingerprint density at radius 2 is 1.79 bits per heavy atom. The average molecular weight is 649 g/mol. The molecule has 1 aromatic carbocycles. The maximum absolute atomic E-state index is 14.7. The summed E-state index contributed by atoms with van der Waals surface area (Å²) in [6.07, 6.45) is 4.26. The van der Waals surface area contributed by atoms with Gasteiger partial charge in [0.1, 0.15) is 29.2 Å². The predicted molar refractivity (Wildman–Crippen MR) is 164 cm³/mol. The van der Waals surface area contributed by atoms with Crippen LogP contribution >= 0.6 is 0 Å². The minimum Gasteiger partial charge on any atom is -0.504 e. The number of hydrogen-bond acceptors (Lipinski definition) is 11. The highest BCUT2D eigenvalue weighted by atomic mass is 16.7. The topological polar surface area (TPSA) is 151 Å². The number of rotatable bonds is 5. The Bertz CT molecular complexity index is 1690. The van der Waals surface area contributed by atoms with Gasteiger partial charge in [-0.3, -0.25) is 9.59 Å². The molecule has 250 valence electrons. The van der Waals surface area contributed by atoms with Crippen LogP contribution in [0.25, 0.3) is 6.08 Å². The number of Topliss-reactive ketones (excluding diaryl/α,β-unsaturated/α-hetero) is 1. The molecule has 11 nitrogen and oxygen atoms in total. The monoisotopic (exact) mass is 648 g/mol. The molecule has 0 bridgehead atoms. The number of hydrogen-bond donors (Lipinski definition) is 1. The summed E-state index contributed by atoms with van der Waals surface area (Å²) in [5.74, 6) is -2.50. The molecule has 2 aliphatic carbocycles. The number of methoxy groups -OCH3 is 1. The third-order valence-electron chi connectivity index (χ3n) is 12.4. The van der Waals surface area contributed by atoms with Gasteiger partial charge in [-0.2, -0.15) is 0 Å². The Morgan fingerprint density at radius 1 is 1.02 bits per heavy atom. The van der Waals surface area contributed by atoms with Crippen LogP contribution in [0.2, 0.25) is 0 Å². The Balaban J connectivity index is 1.29. The van der Waals surface area contributed by atoms with Crippen LogP contribution in [0.15, 0.2) is 47.3 Å². The van der Waals surface area contributed by atoms with Crippen molar-refractivity contribution in [2.75, 3.05) is 7.11 Å². The van der Waals surface area contributed by atoms with E-state index < -0.39 is 75.5 Å². The smallest absolute Gasteiger partial charge is 0.339 e. The quantitative estimate of drug-likeness (QED) is 0.200. The molecule has 3 aliphatic heterocycles. The van der Waals surface area contributed by atoms with Crippen molar-refractivity contribution in [3.8, 4) is 11.5 Å². The van der Waals surface area contributed by atoms with Crippen LogP contribution in [0.4, 0.5) is 0 Å².